The molecule has 7 nitrogen and oxygen atoms in total. The first-order valence-electron chi connectivity index (χ1n) is 6.26. The second-order valence-corrected chi connectivity index (χ2v) is 4.35. The number of hydrogen-bond acceptors (Lipinski definition) is 5. The quantitative estimate of drug-likeness (QED) is 0.651. The van der Waals surface area contributed by atoms with Crippen LogP contribution in [-0.4, -0.2) is 17.4 Å². The second kappa shape index (κ2) is 6.56. The van der Waals surface area contributed by atoms with Crippen LogP contribution >= 0.6 is 0 Å². The van der Waals surface area contributed by atoms with Crippen molar-refractivity contribution in [1.29, 1.82) is 0 Å². The lowest BCUT2D eigenvalue weighted by atomic mass is 10.2. The van der Waals surface area contributed by atoms with Crippen molar-refractivity contribution in [2.24, 2.45) is 0 Å². The van der Waals surface area contributed by atoms with Crippen LogP contribution in [0.1, 0.15) is 18.7 Å². The summed E-state index contributed by atoms with van der Waals surface area (Å²) < 4.78 is 10.4. The Morgan fingerprint density at radius 3 is 2.90 bits per heavy atom. The number of carbonyl (C=O) groups is 1. The molecule has 0 bridgehead atoms. The van der Waals surface area contributed by atoms with Crippen molar-refractivity contribution in [2.45, 2.75) is 13.0 Å². The molecule has 0 aliphatic heterocycles. The molecule has 0 aliphatic carbocycles. The maximum Gasteiger partial charge on any atom is 0.273 e. The van der Waals surface area contributed by atoms with E-state index >= 15 is 0 Å². The molecule has 0 fully saturated rings. The molecule has 0 saturated carbocycles. The number of hydrogen-bond donors (Lipinski definition) is 1. The SMILES string of the molecule is CC(NC(=O)COc1cccc([N+](=O)[O-])c1)c1ccco1. The molecule has 0 radical (unpaired) electrons. The third kappa shape index (κ3) is 4.07. The van der Waals surface area contributed by atoms with E-state index in [0.717, 1.165) is 0 Å². The van der Waals surface area contributed by atoms with Crippen molar-refractivity contribution in [3.05, 3.63) is 58.5 Å². The summed E-state index contributed by atoms with van der Waals surface area (Å²) in [7, 11) is 0. The van der Waals surface area contributed by atoms with Crippen molar-refractivity contribution in [2.75, 3.05) is 6.61 Å². The molecule has 1 amide bonds. The molecule has 2 aromatic rings. The summed E-state index contributed by atoms with van der Waals surface area (Å²) >= 11 is 0. The highest BCUT2D eigenvalue weighted by atomic mass is 16.6. The van der Waals surface area contributed by atoms with Gasteiger partial charge in [-0.3, -0.25) is 14.9 Å². The van der Waals surface area contributed by atoms with Crippen molar-refractivity contribution < 1.29 is 18.9 Å². The van der Waals surface area contributed by atoms with Crippen LogP contribution in [0, 0.1) is 10.1 Å². The van der Waals surface area contributed by atoms with Crippen LogP contribution < -0.4 is 10.1 Å². The maximum absolute atomic E-state index is 11.7. The van der Waals surface area contributed by atoms with Crippen molar-refractivity contribution in [3.8, 4) is 5.75 Å². The molecule has 1 aromatic heterocycles. The van der Waals surface area contributed by atoms with E-state index < -0.39 is 4.92 Å². The highest BCUT2D eigenvalue weighted by Crippen LogP contribution is 2.19. The van der Waals surface area contributed by atoms with Gasteiger partial charge < -0.3 is 14.5 Å². The van der Waals surface area contributed by atoms with E-state index in [9.17, 15) is 14.9 Å². The van der Waals surface area contributed by atoms with Crippen LogP contribution in [0.15, 0.2) is 47.1 Å². The monoisotopic (exact) mass is 290 g/mol. The van der Waals surface area contributed by atoms with Crippen LogP contribution in [0.2, 0.25) is 0 Å². The second-order valence-electron chi connectivity index (χ2n) is 4.35. The topological polar surface area (TPSA) is 94.6 Å². The van der Waals surface area contributed by atoms with E-state index in [0.29, 0.717) is 5.76 Å². The lowest BCUT2D eigenvalue weighted by molar-refractivity contribution is -0.384. The van der Waals surface area contributed by atoms with Gasteiger partial charge in [0, 0.05) is 6.07 Å². The highest BCUT2D eigenvalue weighted by molar-refractivity contribution is 5.77. The van der Waals surface area contributed by atoms with Gasteiger partial charge in [0.2, 0.25) is 0 Å². The first-order valence-corrected chi connectivity index (χ1v) is 6.26. The summed E-state index contributed by atoms with van der Waals surface area (Å²) in [5.74, 6) is 0.564. The van der Waals surface area contributed by atoms with Gasteiger partial charge in [0.1, 0.15) is 11.5 Å². The minimum absolute atomic E-state index is 0.0862. The first-order chi connectivity index (χ1) is 10.1. The Morgan fingerprint density at radius 2 is 2.24 bits per heavy atom. The van der Waals surface area contributed by atoms with Crippen LogP contribution in [-0.2, 0) is 4.79 Å². The minimum Gasteiger partial charge on any atom is -0.484 e. The zero-order chi connectivity index (χ0) is 15.2. The minimum atomic E-state index is -0.522. The molecular weight excluding hydrogens is 276 g/mol. The van der Waals surface area contributed by atoms with Crippen LogP contribution in [0.4, 0.5) is 5.69 Å². The Labute approximate surface area is 120 Å². The number of nitro benzene ring substituents is 1. The number of benzene rings is 1. The van der Waals surface area contributed by atoms with E-state index in [4.69, 9.17) is 9.15 Å². The molecule has 0 spiro atoms. The zero-order valence-corrected chi connectivity index (χ0v) is 11.3. The zero-order valence-electron chi connectivity index (χ0n) is 11.3. The van der Waals surface area contributed by atoms with Gasteiger partial charge in [-0.2, -0.15) is 0 Å². The van der Waals surface area contributed by atoms with Crippen molar-refractivity contribution >= 4 is 11.6 Å². The Morgan fingerprint density at radius 1 is 1.43 bits per heavy atom. The normalized spacial score (nSPS) is 11.7. The third-order valence-electron chi connectivity index (χ3n) is 2.75. The standard InChI is InChI=1S/C14H14N2O5/c1-10(13-6-3-7-20-13)15-14(17)9-21-12-5-2-4-11(8-12)16(18)19/h2-8,10H,9H2,1H3,(H,15,17). The Balaban J connectivity index is 1.86. The number of rotatable bonds is 6. The fourth-order valence-electron chi connectivity index (χ4n) is 1.73. The molecule has 1 aromatic carbocycles. The molecule has 7 heteroatoms. The van der Waals surface area contributed by atoms with E-state index in [1.54, 1.807) is 25.1 Å². The molecule has 110 valence electrons. The van der Waals surface area contributed by atoms with Gasteiger partial charge in [-0.25, -0.2) is 0 Å². The molecule has 0 aliphatic rings. The van der Waals surface area contributed by atoms with E-state index in [1.807, 2.05) is 0 Å². The number of nitrogens with one attached hydrogen (secondary N) is 1. The molecule has 0 saturated heterocycles. The van der Waals surface area contributed by atoms with Crippen molar-refractivity contribution in [3.63, 3.8) is 0 Å². The summed E-state index contributed by atoms with van der Waals surface area (Å²) in [5.41, 5.74) is -0.0862. The van der Waals surface area contributed by atoms with Crippen molar-refractivity contribution in [1.82, 2.24) is 5.32 Å². The summed E-state index contributed by atoms with van der Waals surface area (Å²) in [6.07, 6.45) is 1.53. The van der Waals surface area contributed by atoms with E-state index in [-0.39, 0.29) is 30.0 Å². The number of non-ortho nitro benzene ring substituents is 1. The average Bonchev–Trinajstić information content (AvgIpc) is 2.99. The molecule has 1 unspecified atom stereocenters. The highest BCUT2D eigenvalue weighted by Gasteiger charge is 2.13. The van der Waals surface area contributed by atoms with E-state index in [2.05, 4.69) is 5.32 Å². The fourth-order valence-corrected chi connectivity index (χ4v) is 1.73. The Hall–Kier alpha value is -2.83. The lowest BCUT2D eigenvalue weighted by Gasteiger charge is -2.12. The number of furan rings is 1. The third-order valence-corrected chi connectivity index (χ3v) is 2.75. The maximum atomic E-state index is 11.7. The number of nitrogens with zero attached hydrogens (tertiary/aromatic N) is 1. The molecule has 21 heavy (non-hydrogen) atoms. The van der Waals surface area contributed by atoms with Gasteiger partial charge >= 0.3 is 0 Å². The Bertz CT molecular complexity index is 624. The molecule has 1 N–H and O–H groups in total. The number of amides is 1. The number of nitro groups is 1. The summed E-state index contributed by atoms with van der Waals surface area (Å²) in [6.45, 7) is 1.55. The van der Waals surface area contributed by atoms with Gasteiger partial charge in [-0.05, 0) is 25.1 Å². The number of carbonyl (C=O) groups excluding carboxylic acids is 1. The molecule has 1 atom stereocenters. The largest absolute Gasteiger partial charge is 0.484 e. The Kier molecular flexibility index (Phi) is 4.55. The average molecular weight is 290 g/mol. The van der Waals surface area contributed by atoms with Crippen LogP contribution in [0.3, 0.4) is 0 Å². The van der Waals surface area contributed by atoms with Gasteiger partial charge in [-0.1, -0.05) is 6.07 Å². The summed E-state index contributed by atoms with van der Waals surface area (Å²) in [4.78, 5) is 21.8. The predicted octanol–water partition coefficient (Wildman–Crippen LogP) is 2.44. The summed E-state index contributed by atoms with van der Waals surface area (Å²) in [5, 5.41) is 13.3. The fraction of sp³-hybridized carbons (Fsp3) is 0.214. The van der Waals surface area contributed by atoms with Crippen LogP contribution in [0.5, 0.6) is 5.75 Å². The van der Waals surface area contributed by atoms with Gasteiger partial charge in [0.05, 0.1) is 23.3 Å². The lowest BCUT2D eigenvalue weighted by Crippen LogP contribution is -2.31. The molecular formula is C14H14N2O5. The molecule has 2 rings (SSSR count). The predicted molar refractivity (Wildman–Crippen MR) is 73.9 cm³/mol. The van der Waals surface area contributed by atoms with Gasteiger partial charge in [0.25, 0.3) is 11.6 Å². The van der Waals surface area contributed by atoms with Crippen LogP contribution in [0.25, 0.3) is 0 Å². The molecule has 1 heterocycles. The van der Waals surface area contributed by atoms with Gasteiger partial charge in [-0.15, -0.1) is 0 Å². The van der Waals surface area contributed by atoms with E-state index in [1.165, 1.54) is 24.5 Å². The van der Waals surface area contributed by atoms with Gasteiger partial charge in [0.15, 0.2) is 6.61 Å². The number of ether oxygens (including phenoxy) is 1. The first kappa shape index (κ1) is 14.6. The summed E-state index contributed by atoms with van der Waals surface area (Å²) in [6, 6.07) is 8.88. The smallest absolute Gasteiger partial charge is 0.273 e.